The maximum absolute atomic E-state index is 11.3. The lowest BCUT2D eigenvalue weighted by Crippen LogP contribution is -2.39. The van der Waals surface area contributed by atoms with Crippen LogP contribution in [0.25, 0.3) is 16.3 Å². The van der Waals surface area contributed by atoms with E-state index in [1.54, 1.807) is 23.1 Å². The number of carbonyl (C=O) groups is 2. The van der Waals surface area contributed by atoms with E-state index >= 15 is 0 Å². The van der Waals surface area contributed by atoms with Gasteiger partial charge < -0.3 is 15.1 Å². The van der Waals surface area contributed by atoms with E-state index in [0.29, 0.717) is 6.42 Å². The largest absolute Gasteiger partial charge is 0.481 e. The molecule has 190 valence electrons. The van der Waals surface area contributed by atoms with Gasteiger partial charge in [-0.2, -0.15) is 4.57 Å². The molecule has 0 fully saturated rings. The van der Waals surface area contributed by atoms with E-state index in [4.69, 9.17) is 5.11 Å². The van der Waals surface area contributed by atoms with Crippen molar-refractivity contribution in [1.82, 2.24) is 0 Å². The number of carboxylic acid groups (broad SMARTS) is 2. The number of hydrogen-bond donors (Lipinski definition) is 2. The first-order valence-corrected chi connectivity index (χ1v) is 13.8. The fourth-order valence-electron chi connectivity index (χ4n) is 4.07. The number of carboxylic acids is 2. The van der Waals surface area contributed by atoms with Crippen molar-refractivity contribution in [1.29, 1.82) is 0 Å². The number of allylic oxidation sites excluding steroid dienone is 6. The minimum Gasteiger partial charge on any atom is -0.481 e. The van der Waals surface area contributed by atoms with Crippen LogP contribution in [0, 0.1) is 0 Å². The second-order valence-electron chi connectivity index (χ2n) is 8.45. The van der Waals surface area contributed by atoms with E-state index in [9.17, 15) is 14.7 Å². The van der Waals surface area contributed by atoms with Gasteiger partial charge in [0.1, 0.15) is 4.70 Å². The van der Waals surface area contributed by atoms with Crippen LogP contribution in [0.2, 0.25) is 0 Å². The average molecular weight is 534 g/mol. The maximum Gasteiger partial charge on any atom is 0.370 e. The molecule has 4 rings (SSSR count). The van der Waals surface area contributed by atoms with Crippen LogP contribution in [-0.4, -0.2) is 28.7 Å². The Kier molecular flexibility index (Phi) is 9.35. The van der Waals surface area contributed by atoms with Gasteiger partial charge >= 0.3 is 11.9 Å². The Balaban J connectivity index is 1.38. The van der Waals surface area contributed by atoms with Crippen LogP contribution in [0.3, 0.4) is 0 Å². The Bertz CT molecular complexity index is 1390. The van der Waals surface area contributed by atoms with Crippen molar-refractivity contribution in [3.05, 3.63) is 95.0 Å². The number of unbranched alkanes of at least 4 members (excludes halogenated alkanes) is 2. The number of fused-ring (bicyclic) bond motifs is 2. The van der Waals surface area contributed by atoms with E-state index in [1.807, 2.05) is 77.4 Å². The van der Waals surface area contributed by atoms with E-state index in [1.165, 1.54) is 10.6 Å². The first-order valence-electron chi connectivity index (χ1n) is 12.1. The summed E-state index contributed by atoms with van der Waals surface area (Å²) in [5.74, 6) is -1.60. The highest BCUT2D eigenvalue weighted by Gasteiger charge is 2.23. The molecular weight excluding hydrogens is 504 g/mol. The molecule has 37 heavy (non-hydrogen) atoms. The molecule has 1 aliphatic rings. The Labute approximate surface area is 224 Å². The van der Waals surface area contributed by atoms with Crippen molar-refractivity contribution in [2.24, 2.45) is 0 Å². The third kappa shape index (κ3) is 7.21. The van der Waals surface area contributed by atoms with Crippen molar-refractivity contribution < 1.29 is 24.4 Å². The normalized spacial score (nSPS) is 14.6. The molecule has 3 aromatic rings. The molecule has 0 unspecified atom stereocenters. The maximum atomic E-state index is 11.3. The first-order chi connectivity index (χ1) is 18.0. The molecule has 1 aliphatic heterocycles. The van der Waals surface area contributed by atoms with Crippen molar-refractivity contribution in [3.8, 4) is 0 Å². The lowest BCUT2D eigenvalue weighted by atomic mass is 10.2. The summed E-state index contributed by atoms with van der Waals surface area (Å²) in [5.41, 5.74) is 2.12. The lowest BCUT2D eigenvalue weighted by Gasteiger charge is -2.20. The number of aromatic nitrogens is 1. The van der Waals surface area contributed by atoms with Gasteiger partial charge in [-0.1, -0.05) is 84.2 Å². The third-order valence-electron chi connectivity index (χ3n) is 5.76. The number of benzene rings is 2. The summed E-state index contributed by atoms with van der Waals surface area (Å²) in [6.45, 7) is 0.782. The van der Waals surface area contributed by atoms with Crippen molar-refractivity contribution in [3.63, 3.8) is 0 Å². The molecule has 6 nitrogen and oxygen atoms in total. The number of para-hydroxylation sites is 2. The number of anilines is 1. The fraction of sp³-hybridized carbons (Fsp3) is 0.207. The van der Waals surface area contributed by atoms with E-state index in [0.717, 1.165) is 39.6 Å². The molecule has 2 N–H and O–H groups in total. The minimum absolute atomic E-state index is 0.0724. The molecule has 0 radical (unpaired) electrons. The van der Waals surface area contributed by atoms with Crippen LogP contribution >= 0.6 is 23.1 Å². The predicted molar refractivity (Wildman–Crippen MR) is 151 cm³/mol. The van der Waals surface area contributed by atoms with Crippen molar-refractivity contribution in [2.75, 3.05) is 11.4 Å². The highest BCUT2D eigenvalue weighted by atomic mass is 32.2. The van der Waals surface area contributed by atoms with Gasteiger partial charge in [0, 0.05) is 30.0 Å². The summed E-state index contributed by atoms with van der Waals surface area (Å²) >= 11 is 3.31. The number of hydrogen-bond acceptors (Lipinski definition) is 5. The topological polar surface area (TPSA) is 81.7 Å². The molecule has 1 aromatic heterocycles. The number of thioether (sulfide) groups is 1. The quantitative estimate of drug-likeness (QED) is 0.157. The average Bonchev–Trinajstić information content (AvgIpc) is 3.40. The van der Waals surface area contributed by atoms with Crippen molar-refractivity contribution >= 4 is 57.0 Å². The minimum atomic E-state index is -0.865. The zero-order valence-electron chi connectivity index (χ0n) is 20.3. The van der Waals surface area contributed by atoms with Gasteiger partial charge in [-0.15, -0.1) is 0 Å². The summed E-state index contributed by atoms with van der Waals surface area (Å²) in [4.78, 5) is 25.6. The smallest absolute Gasteiger partial charge is 0.370 e. The summed E-state index contributed by atoms with van der Waals surface area (Å²) in [6.07, 6.45) is 16.6. The van der Waals surface area contributed by atoms with Crippen molar-refractivity contribution in [2.45, 2.75) is 37.1 Å². The molecular formula is C29H29N2O4S2+. The Morgan fingerprint density at radius 2 is 1.62 bits per heavy atom. The monoisotopic (exact) mass is 533 g/mol. The zero-order chi connectivity index (χ0) is 26.0. The molecule has 0 saturated carbocycles. The Morgan fingerprint density at radius 1 is 0.865 bits per heavy atom. The molecule has 0 bridgehead atoms. The van der Waals surface area contributed by atoms with E-state index < -0.39 is 11.9 Å². The number of rotatable bonds is 12. The van der Waals surface area contributed by atoms with E-state index in [2.05, 4.69) is 23.1 Å². The van der Waals surface area contributed by atoms with E-state index in [-0.39, 0.29) is 13.0 Å². The highest BCUT2D eigenvalue weighted by Crippen LogP contribution is 2.45. The molecule has 0 amide bonds. The van der Waals surface area contributed by atoms with Gasteiger partial charge in [0.05, 0.1) is 10.7 Å². The molecule has 0 saturated heterocycles. The summed E-state index contributed by atoms with van der Waals surface area (Å²) in [7, 11) is 0. The number of thiazole rings is 1. The zero-order valence-corrected chi connectivity index (χ0v) is 22.0. The van der Waals surface area contributed by atoms with Crippen LogP contribution in [-0.2, 0) is 16.1 Å². The fourth-order valence-corrected chi connectivity index (χ4v) is 6.25. The summed E-state index contributed by atoms with van der Waals surface area (Å²) in [5, 5.41) is 20.2. The first kappa shape index (κ1) is 26.4. The molecule has 0 spiro atoms. The number of nitrogens with zero attached hydrogens (tertiary/aromatic N) is 2. The van der Waals surface area contributed by atoms with Gasteiger partial charge in [-0.05, 0) is 37.1 Å². The van der Waals surface area contributed by atoms with Gasteiger partial charge in [-0.25, -0.2) is 4.79 Å². The van der Waals surface area contributed by atoms with Gasteiger partial charge in [-0.3, -0.25) is 4.79 Å². The number of aliphatic carboxylic acids is 2. The Hall–Kier alpha value is -3.62. The highest BCUT2D eigenvalue weighted by molar-refractivity contribution is 8.03. The van der Waals surface area contributed by atoms with Crippen LogP contribution in [0.5, 0.6) is 0 Å². The van der Waals surface area contributed by atoms with Crippen LogP contribution in [0.1, 0.15) is 30.7 Å². The standard InChI is InChI=1S/C29H28N2O4S2/c32-28(33)19-7-4-12-20-30-22-13-8-10-15-24(22)36-26(30)17-5-2-1-3-6-18-27-31(21-29(34)35)23-14-9-11-16-25(23)37-27/h1-3,5-6,8-11,13-18H,4,7,12,19-21H2,(H-,32,33,34,35)/p+1. The molecule has 0 atom stereocenters. The Morgan fingerprint density at radius 3 is 2.46 bits per heavy atom. The van der Waals surface area contributed by atoms with Gasteiger partial charge in [0.2, 0.25) is 12.1 Å². The van der Waals surface area contributed by atoms with Crippen LogP contribution < -0.4 is 9.47 Å². The third-order valence-corrected chi connectivity index (χ3v) is 8.02. The van der Waals surface area contributed by atoms with Gasteiger partial charge in [0.15, 0.2) is 0 Å². The molecule has 2 aromatic carbocycles. The molecule has 0 aliphatic carbocycles. The van der Waals surface area contributed by atoms with Crippen LogP contribution in [0.4, 0.5) is 5.69 Å². The SMILES string of the molecule is O=C(O)CCCCCN1\C(=C/C=C/C=C/C=C/c2sc3ccccc3[n+]2CC(=O)O)Sc2ccccc21. The second-order valence-corrected chi connectivity index (χ2v) is 10.6. The molecule has 2 heterocycles. The van der Waals surface area contributed by atoms with Gasteiger partial charge in [0.25, 0.3) is 5.01 Å². The van der Waals surface area contributed by atoms with Crippen LogP contribution in [0.15, 0.2) is 94.9 Å². The second kappa shape index (κ2) is 13.1. The molecule has 8 heteroatoms. The predicted octanol–water partition coefficient (Wildman–Crippen LogP) is 6.50. The summed E-state index contributed by atoms with van der Waals surface area (Å²) in [6, 6.07) is 16.1. The summed E-state index contributed by atoms with van der Waals surface area (Å²) < 4.78 is 2.87. The lowest BCUT2D eigenvalue weighted by molar-refractivity contribution is -0.657.